The number of hydrogen-bond acceptors (Lipinski definition) is 21. The zero-order valence-electron chi connectivity index (χ0n) is 41.5. The summed E-state index contributed by atoms with van der Waals surface area (Å²) < 4.78 is 73.8. The van der Waals surface area contributed by atoms with E-state index in [4.69, 9.17) is 28.4 Å². The maximum Gasteiger partial charge on any atom is 0.397 e. The Kier molecular flexibility index (Phi) is 15.3. The van der Waals surface area contributed by atoms with E-state index >= 15 is 0 Å². The van der Waals surface area contributed by atoms with Gasteiger partial charge in [-0.2, -0.15) is 8.42 Å². The third-order valence-corrected chi connectivity index (χ3v) is 20.0. The summed E-state index contributed by atoms with van der Waals surface area (Å²) in [6.45, 7) is 12.9. The minimum atomic E-state index is -5.31. The number of rotatable bonds is 11. The van der Waals surface area contributed by atoms with Crippen molar-refractivity contribution in [3.8, 4) is 0 Å². The van der Waals surface area contributed by atoms with E-state index < -0.39 is 168 Å². The van der Waals surface area contributed by atoms with Crippen LogP contribution in [0.4, 0.5) is 0 Å². The van der Waals surface area contributed by atoms with Crippen molar-refractivity contribution in [3.05, 3.63) is 11.6 Å². The Labute approximate surface area is 414 Å². The normalized spacial score (nSPS) is 51.7. The molecule has 8 aliphatic rings. The first-order valence-corrected chi connectivity index (χ1v) is 26.4. The van der Waals surface area contributed by atoms with Gasteiger partial charge in [0.05, 0.1) is 32.0 Å². The molecule has 5 aliphatic carbocycles. The summed E-state index contributed by atoms with van der Waals surface area (Å²) in [6.07, 6.45) is -20.8. The molecule has 4 saturated carbocycles. The van der Waals surface area contributed by atoms with Gasteiger partial charge in [0.1, 0.15) is 72.6 Å². The molecule has 12 N–H and O–H groups in total. The molecular formula is C48H78O22S. The molecule has 24 atom stereocenters. The molecule has 0 aromatic rings. The number of hydrogen-bond donors (Lipinski definition) is 12. The Morgan fingerprint density at radius 3 is 1.77 bits per heavy atom. The lowest BCUT2D eigenvalue weighted by atomic mass is 9.33. The van der Waals surface area contributed by atoms with Crippen LogP contribution in [0.25, 0.3) is 0 Å². The number of fused-ring (bicyclic) bond motifs is 7. The van der Waals surface area contributed by atoms with Gasteiger partial charge in [-0.05, 0) is 103 Å². The van der Waals surface area contributed by atoms with Gasteiger partial charge in [0.15, 0.2) is 18.7 Å². The number of aliphatic hydroxyl groups is 11. The van der Waals surface area contributed by atoms with Crippen molar-refractivity contribution in [1.29, 1.82) is 0 Å². The molecule has 3 aliphatic heterocycles. The van der Waals surface area contributed by atoms with Gasteiger partial charge < -0.3 is 84.6 Å². The summed E-state index contributed by atoms with van der Waals surface area (Å²) in [5.74, 6) is -1.16. The van der Waals surface area contributed by atoms with Crippen LogP contribution in [0.5, 0.6) is 0 Å². The van der Waals surface area contributed by atoms with Crippen LogP contribution >= 0.6 is 0 Å². The average Bonchev–Trinajstić information content (AvgIpc) is 3.29. The van der Waals surface area contributed by atoms with E-state index in [1.807, 2.05) is 0 Å². The topological polar surface area (TPSA) is 359 Å². The van der Waals surface area contributed by atoms with Crippen molar-refractivity contribution < 1.29 is 107 Å². The van der Waals surface area contributed by atoms with Crippen molar-refractivity contribution in [1.82, 2.24) is 0 Å². The Morgan fingerprint density at radius 1 is 0.648 bits per heavy atom. The van der Waals surface area contributed by atoms with E-state index in [9.17, 15) is 73.9 Å². The number of carbonyl (C=O) groups excluding carboxylic acids is 1. The van der Waals surface area contributed by atoms with Crippen LogP contribution in [0, 0.1) is 50.2 Å². The zero-order valence-corrected chi connectivity index (χ0v) is 42.3. The van der Waals surface area contributed by atoms with E-state index in [2.05, 4.69) is 58.7 Å². The monoisotopic (exact) mass is 1040 g/mol. The van der Waals surface area contributed by atoms with Crippen LogP contribution in [0.15, 0.2) is 11.6 Å². The number of carbonyl (C=O) groups is 1. The lowest BCUT2D eigenvalue weighted by molar-refractivity contribution is -0.376. The van der Waals surface area contributed by atoms with Crippen LogP contribution in [0.1, 0.15) is 106 Å². The molecule has 3 saturated heterocycles. The van der Waals surface area contributed by atoms with Crippen molar-refractivity contribution in [2.24, 2.45) is 50.2 Å². The molecule has 0 unspecified atom stereocenters. The van der Waals surface area contributed by atoms with Gasteiger partial charge in [0, 0.05) is 0 Å². The number of ether oxygens (including phenoxy) is 6. The van der Waals surface area contributed by atoms with Gasteiger partial charge in [-0.1, -0.05) is 60.1 Å². The van der Waals surface area contributed by atoms with E-state index in [1.165, 1.54) is 0 Å². The molecule has 0 bridgehead atoms. The van der Waals surface area contributed by atoms with Crippen molar-refractivity contribution in [2.75, 3.05) is 19.8 Å². The predicted octanol–water partition coefficient (Wildman–Crippen LogP) is -1.06. The molecular weight excluding hydrogens is 961 g/mol. The second-order valence-electron chi connectivity index (χ2n) is 24.1. The first kappa shape index (κ1) is 55.7. The second-order valence-corrected chi connectivity index (χ2v) is 25.1. The molecule has 23 heteroatoms. The van der Waals surface area contributed by atoms with Gasteiger partial charge in [-0.3, -0.25) is 9.35 Å². The van der Waals surface area contributed by atoms with E-state index in [-0.39, 0.29) is 35.5 Å². The highest BCUT2D eigenvalue weighted by molar-refractivity contribution is 7.80. The molecule has 22 nitrogen and oxygen atoms in total. The van der Waals surface area contributed by atoms with E-state index in [1.54, 1.807) is 0 Å². The van der Waals surface area contributed by atoms with Crippen molar-refractivity contribution in [3.63, 3.8) is 0 Å². The highest BCUT2D eigenvalue weighted by Crippen LogP contribution is 2.76. The van der Waals surface area contributed by atoms with Crippen LogP contribution in [-0.2, 0) is 47.8 Å². The smallest absolute Gasteiger partial charge is 0.397 e. The van der Waals surface area contributed by atoms with Gasteiger partial charge in [0.2, 0.25) is 6.29 Å². The molecule has 8 rings (SSSR count). The fraction of sp³-hybridized carbons (Fsp3) is 0.938. The molecule has 0 aromatic heterocycles. The SMILES string of the molecule is CC1(C)CC[C@]2(C(=O)O[C@@H]3O[C@H](CO)[C@@H](O)[C@H](O)[C@H]3O)[C@H](O)C[C@]3(C)C(=CC[C@@H]4[C@@]5(C)CC[C@H](O[C@@H]6O[C@H](CO)[C@@H](O)[C@H](O)[C@H]6O[C@@H]6O[C@H](CO)[C@@H](O)[C@H](O)[C@H]6OS(=O)(=O)O)C(C)(C)[C@@H]5CC[C@]43C)[C@@H]2C1. The fourth-order valence-corrected chi connectivity index (χ4v) is 15.8. The standard InChI is InChI=1S/C48H78O22S/c1-43(2)14-15-48(42(60)69-39-36(59)33(56)30(53)23(18-49)64-39)22(16-43)21-8-9-27-45(5)12-11-29(44(3,4)26(45)10-13-46(27,6)47(21,7)17-28(48)52)67-40-37(34(57)31(54)24(19-50)65-40)68-41-38(70-71(61,62)63)35(58)32(55)25(20-51)66-41/h8,22-41,49-59H,9-20H2,1-7H3,(H,61,62,63)/t22-,23+,24+,25+,26-,27+,28+,29-,30+,31+,32+,33-,34-,35-,36+,37+,38+,39-,40-,41-,45-,46+,47+,48+/m0/s1. The second kappa shape index (κ2) is 19.5. The van der Waals surface area contributed by atoms with Crippen molar-refractivity contribution >= 4 is 16.4 Å². The number of esters is 1. The maximum absolute atomic E-state index is 14.8. The molecule has 71 heavy (non-hydrogen) atoms. The van der Waals surface area contributed by atoms with Gasteiger partial charge in [0.25, 0.3) is 0 Å². The highest BCUT2D eigenvalue weighted by Gasteiger charge is 2.72. The summed E-state index contributed by atoms with van der Waals surface area (Å²) >= 11 is 0. The molecule has 0 spiro atoms. The summed E-state index contributed by atoms with van der Waals surface area (Å²) in [6, 6.07) is 0. The van der Waals surface area contributed by atoms with Crippen LogP contribution in [0.2, 0.25) is 0 Å². The first-order valence-electron chi connectivity index (χ1n) is 25.1. The lowest BCUT2D eigenvalue weighted by Crippen LogP contribution is -2.68. The van der Waals surface area contributed by atoms with Crippen LogP contribution in [0.3, 0.4) is 0 Å². The largest absolute Gasteiger partial charge is 0.432 e. The number of allylic oxidation sites excluding steroid dienone is 2. The highest BCUT2D eigenvalue weighted by atomic mass is 32.3. The van der Waals surface area contributed by atoms with Gasteiger partial charge in [-0.25, -0.2) is 4.18 Å². The zero-order chi connectivity index (χ0) is 52.3. The minimum absolute atomic E-state index is 0.00313. The predicted molar refractivity (Wildman–Crippen MR) is 242 cm³/mol. The Hall–Kier alpha value is -1.56. The maximum atomic E-state index is 14.8. The summed E-state index contributed by atoms with van der Waals surface area (Å²) in [4.78, 5) is 14.8. The molecule has 3 heterocycles. The first-order chi connectivity index (χ1) is 33.0. The molecule has 0 aromatic carbocycles. The third-order valence-electron chi connectivity index (χ3n) is 19.5. The summed E-state index contributed by atoms with van der Waals surface area (Å²) in [5, 5.41) is 118. The third kappa shape index (κ3) is 9.08. The molecule has 0 amide bonds. The molecule has 0 radical (unpaired) electrons. The van der Waals surface area contributed by atoms with E-state index in [0.717, 1.165) is 18.4 Å². The summed E-state index contributed by atoms with van der Waals surface area (Å²) in [5.41, 5.74) is -2.51. The lowest BCUT2D eigenvalue weighted by Gasteiger charge is -2.71. The fourth-order valence-electron chi connectivity index (χ4n) is 15.3. The van der Waals surface area contributed by atoms with Gasteiger partial charge in [-0.15, -0.1) is 0 Å². The quantitative estimate of drug-likeness (QED) is 0.0508. The Bertz CT molecular complexity index is 2090. The minimum Gasteiger partial charge on any atom is -0.432 e. The molecule has 408 valence electrons. The van der Waals surface area contributed by atoms with Crippen molar-refractivity contribution in [2.45, 2.75) is 211 Å². The Balaban J connectivity index is 1.06. The van der Waals surface area contributed by atoms with Gasteiger partial charge >= 0.3 is 16.4 Å². The van der Waals surface area contributed by atoms with E-state index in [0.29, 0.717) is 32.1 Å². The average molecular weight is 1040 g/mol. The number of aliphatic hydroxyl groups excluding tert-OH is 11. The van der Waals surface area contributed by atoms with Crippen LogP contribution < -0.4 is 0 Å². The summed E-state index contributed by atoms with van der Waals surface area (Å²) in [7, 11) is -5.31. The van der Waals surface area contributed by atoms with Crippen LogP contribution in [-0.4, -0.2) is 199 Å². The Morgan fingerprint density at radius 2 is 1.20 bits per heavy atom. The molecule has 7 fully saturated rings.